The predicted molar refractivity (Wildman–Crippen MR) is 87.8 cm³/mol. The molecule has 0 heterocycles. The molecule has 1 aromatic rings. The van der Waals surface area contributed by atoms with Crippen LogP contribution in [0.2, 0.25) is 0 Å². The number of hydrogen-bond donors (Lipinski definition) is 1. The van der Waals surface area contributed by atoms with E-state index in [0.29, 0.717) is 12.6 Å². The number of benzene rings is 1. The Morgan fingerprint density at radius 3 is 2.71 bits per heavy atom. The van der Waals surface area contributed by atoms with Gasteiger partial charge in [-0.15, -0.1) is 12.3 Å². The molecule has 0 saturated heterocycles. The summed E-state index contributed by atoms with van der Waals surface area (Å²) >= 11 is 0. The Bertz CT molecular complexity index is 449. The second-order valence-electron chi connectivity index (χ2n) is 5.31. The molecule has 1 N–H and O–H groups in total. The summed E-state index contributed by atoms with van der Waals surface area (Å²) in [6.45, 7) is 8.50. The third kappa shape index (κ3) is 7.06. The van der Waals surface area contributed by atoms with Gasteiger partial charge in [0, 0.05) is 30.6 Å². The molecule has 3 heteroatoms. The Morgan fingerprint density at radius 1 is 1.24 bits per heavy atom. The van der Waals surface area contributed by atoms with Gasteiger partial charge >= 0.3 is 0 Å². The minimum atomic E-state index is 0.440. The molecule has 0 spiro atoms. The van der Waals surface area contributed by atoms with Gasteiger partial charge in [0.05, 0.1) is 13.2 Å². The molecule has 116 valence electrons. The quantitative estimate of drug-likeness (QED) is 0.525. The monoisotopic (exact) mass is 289 g/mol. The fraction of sp³-hybridized carbons (Fsp3) is 0.556. The van der Waals surface area contributed by atoms with Gasteiger partial charge in [0.2, 0.25) is 0 Å². The van der Waals surface area contributed by atoms with Crippen molar-refractivity contribution < 1.29 is 9.47 Å². The van der Waals surface area contributed by atoms with Gasteiger partial charge in [0.25, 0.3) is 0 Å². The zero-order chi connectivity index (χ0) is 15.5. The molecule has 1 aromatic carbocycles. The summed E-state index contributed by atoms with van der Waals surface area (Å²) in [7, 11) is 0. The van der Waals surface area contributed by atoms with Crippen LogP contribution in [0, 0.1) is 12.3 Å². The van der Waals surface area contributed by atoms with Crippen molar-refractivity contribution in [1.29, 1.82) is 0 Å². The van der Waals surface area contributed by atoms with Gasteiger partial charge in [-0.05, 0) is 18.9 Å². The Kier molecular flexibility index (Phi) is 8.38. The van der Waals surface area contributed by atoms with Crippen molar-refractivity contribution in [3.8, 4) is 23.8 Å². The van der Waals surface area contributed by atoms with Crippen LogP contribution in [-0.4, -0.2) is 19.3 Å². The summed E-state index contributed by atoms with van der Waals surface area (Å²) in [6.07, 6.45) is 7.87. The average molecular weight is 289 g/mol. The normalized spacial score (nSPS) is 10.4. The number of unbranched alkanes of at least 4 members (excludes halogenated alkanes) is 1. The molecule has 0 amide bonds. The molecule has 0 aliphatic carbocycles. The first-order chi connectivity index (χ1) is 10.2. The molecule has 0 aliphatic heterocycles. The van der Waals surface area contributed by atoms with E-state index >= 15 is 0 Å². The van der Waals surface area contributed by atoms with Crippen LogP contribution in [0.1, 0.15) is 45.6 Å². The highest BCUT2D eigenvalue weighted by Crippen LogP contribution is 2.25. The second kappa shape index (κ2) is 10.1. The lowest BCUT2D eigenvalue weighted by Gasteiger charge is -2.15. The first kappa shape index (κ1) is 17.4. The summed E-state index contributed by atoms with van der Waals surface area (Å²) < 4.78 is 11.5. The van der Waals surface area contributed by atoms with Crippen molar-refractivity contribution in [2.24, 2.45) is 0 Å². The summed E-state index contributed by atoms with van der Waals surface area (Å²) in [6, 6.07) is 6.48. The van der Waals surface area contributed by atoms with E-state index in [0.717, 1.165) is 49.5 Å². The van der Waals surface area contributed by atoms with E-state index in [-0.39, 0.29) is 0 Å². The molecule has 0 fully saturated rings. The highest BCUT2D eigenvalue weighted by Gasteiger charge is 2.07. The van der Waals surface area contributed by atoms with Gasteiger partial charge in [-0.2, -0.15) is 0 Å². The van der Waals surface area contributed by atoms with Crippen LogP contribution in [0.25, 0.3) is 0 Å². The topological polar surface area (TPSA) is 30.5 Å². The van der Waals surface area contributed by atoms with E-state index in [9.17, 15) is 0 Å². The maximum absolute atomic E-state index is 5.88. The predicted octanol–water partition coefficient (Wildman–Crippen LogP) is 3.77. The van der Waals surface area contributed by atoms with Gasteiger partial charge in [-0.3, -0.25) is 0 Å². The summed E-state index contributed by atoms with van der Waals surface area (Å²) in [5.41, 5.74) is 1.15. The molecule has 0 unspecified atom stereocenters. The van der Waals surface area contributed by atoms with E-state index in [1.807, 2.05) is 12.1 Å². The van der Waals surface area contributed by atoms with Crippen LogP contribution >= 0.6 is 0 Å². The smallest absolute Gasteiger partial charge is 0.127 e. The van der Waals surface area contributed by atoms with Crippen molar-refractivity contribution in [2.45, 2.75) is 52.6 Å². The number of rotatable bonds is 10. The second-order valence-corrected chi connectivity index (χ2v) is 5.31. The first-order valence-electron chi connectivity index (χ1n) is 7.72. The molecular weight excluding hydrogens is 262 g/mol. The van der Waals surface area contributed by atoms with Gasteiger partial charge in [-0.1, -0.05) is 26.8 Å². The molecular formula is C18H27NO2. The number of hydrogen-bond acceptors (Lipinski definition) is 3. The van der Waals surface area contributed by atoms with Crippen LogP contribution in [0.5, 0.6) is 11.5 Å². The third-order valence-electron chi connectivity index (χ3n) is 2.94. The summed E-state index contributed by atoms with van der Waals surface area (Å²) in [5, 5.41) is 3.41. The molecule has 21 heavy (non-hydrogen) atoms. The highest BCUT2D eigenvalue weighted by molar-refractivity contribution is 5.40. The summed E-state index contributed by atoms with van der Waals surface area (Å²) in [4.78, 5) is 0. The standard InChI is InChI=1S/C18H27NO2/c1-5-7-8-12-21-18-13-17(20-11-6-2)10-9-16(18)14-19-15(3)4/h1,9-10,13,15,19H,6-8,11-12,14H2,2-4H3. The fourth-order valence-electron chi connectivity index (χ4n) is 1.80. The lowest BCUT2D eigenvalue weighted by molar-refractivity contribution is 0.296. The summed E-state index contributed by atoms with van der Waals surface area (Å²) in [5.74, 6) is 4.37. The number of ether oxygens (including phenoxy) is 2. The van der Waals surface area contributed by atoms with E-state index in [4.69, 9.17) is 15.9 Å². The minimum absolute atomic E-state index is 0.440. The minimum Gasteiger partial charge on any atom is -0.493 e. The van der Waals surface area contributed by atoms with E-state index < -0.39 is 0 Å². The molecule has 0 radical (unpaired) electrons. The van der Waals surface area contributed by atoms with Crippen LogP contribution < -0.4 is 14.8 Å². The van der Waals surface area contributed by atoms with Gasteiger partial charge < -0.3 is 14.8 Å². The lowest BCUT2D eigenvalue weighted by atomic mass is 10.1. The molecule has 0 aromatic heterocycles. The highest BCUT2D eigenvalue weighted by atomic mass is 16.5. The van der Waals surface area contributed by atoms with Gasteiger partial charge in [0.1, 0.15) is 11.5 Å². The van der Waals surface area contributed by atoms with Crippen molar-refractivity contribution in [3.05, 3.63) is 23.8 Å². The molecule has 3 nitrogen and oxygen atoms in total. The van der Waals surface area contributed by atoms with Crippen LogP contribution in [0.3, 0.4) is 0 Å². The van der Waals surface area contributed by atoms with Crippen LogP contribution in [-0.2, 0) is 6.54 Å². The number of nitrogens with one attached hydrogen (secondary N) is 1. The Morgan fingerprint density at radius 2 is 2.05 bits per heavy atom. The van der Waals surface area contributed by atoms with E-state index in [2.05, 4.69) is 38.1 Å². The Balaban J connectivity index is 2.71. The van der Waals surface area contributed by atoms with Gasteiger partial charge in [-0.25, -0.2) is 0 Å². The van der Waals surface area contributed by atoms with E-state index in [1.165, 1.54) is 0 Å². The Hall–Kier alpha value is -1.66. The maximum Gasteiger partial charge on any atom is 0.127 e. The number of terminal acetylenes is 1. The Labute approximate surface area is 129 Å². The van der Waals surface area contributed by atoms with Gasteiger partial charge in [0.15, 0.2) is 0 Å². The zero-order valence-electron chi connectivity index (χ0n) is 13.4. The lowest BCUT2D eigenvalue weighted by Crippen LogP contribution is -2.22. The van der Waals surface area contributed by atoms with Crippen molar-refractivity contribution in [1.82, 2.24) is 5.32 Å². The third-order valence-corrected chi connectivity index (χ3v) is 2.94. The van der Waals surface area contributed by atoms with Crippen molar-refractivity contribution in [2.75, 3.05) is 13.2 Å². The average Bonchev–Trinajstić information content (AvgIpc) is 2.48. The first-order valence-corrected chi connectivity index (χ1v) is 7.72. The molecule has 1 rings (SSSR count). The van der Waals surface area contributed by atoms with Crippen molar-refractivity contribution in [3.63, 3.8) is 0 Å². The molecule has 0 atom stereocenters. The maximum atomic E-state index is 5.88. The molecule has 0 bridgehead atoms. The fourth-order valence-corrected chi connectivity index (χ4v) is 1.80. The van der Waals surface area contributed by atoms with Crippen LogP contribution in [0.4, 0.5) is 0 Å². The molecule has 0 saturated carbocycles. The van der Waals surface area contributed by atoms with Crippen molar-refractivity contribution >= 4 is 0 Å². The zero-order valence-corrected chi connectivity index (χ0v) is 13.4. The molecule has 0 aliphatic rings. The van der Waals surface area contributed by atoms with E-state index in [1.54, 1.807) is 0 Å². The SMILES string of the molecule is C#CCCCOc1cc(OCCC)ccc1CNC(C)C. The largest absolute Gasteiger partial charge is 0.493 e. The van der Waals surface area contributed by atoms with Crippen LogP contribution in [0.15, 0.2) is 18.2 Å².